The fourth-order valence-electron chi connectivity index (χ4n) is 0.523. The van der Waals surface area contributed by atoms with E-state index in [9.17, 15) is 4.79 Å². The first-order chi connectivity index (χ1) is 5.45. The normalized spacial score (nSPS) is 10.6. The molecule has 0 aromatic carbocycles. The quantitative estimate of drug-likeness (QED) is 0.659. The summed E-state index contributed by atoms with van der Waals surface area (Å²) in [6, 6.07) is 0. The molecule has 0 heterocycles. The summed E-state index contributed by atoms with van der Waals surface area (Å²) in [6.07, 6.45) is 1.15. The van der Waals surface area contributed by atoms with Crippen molar-refractivity contribution >= 4 is 6.09 Å². The number of rotatable bonds is 3. The van der Waals surface area contributed by atoms with Crippen molar-refractivity contribution in [2.45, 2.75) is 20.8 Å². The number of carbonyl (C=O) groups excluding carboxylic acids is 1. The van der Waals surface area contributed by atoms with Gasteiger partial charge in [0.25, 0.3) is 0 Å². The van der Waals surface area contributed by atoms with E-state index in [1.54, 1.807) is 0 Å². The Kier molecular flexibility index (Phi) is 4.40. The highest BCUT2D eigenvalue weighted by Crippen LogP contribution is 2.09. The molecule has 0 aromatic heterocycles. The van der Waals surface area contributed by atoms with E-state index in [4.69, 9.17) is 4.74 Å². The van der Waals surface area contributed by atoms with E-state index in [1.807, 2.05) is 20.8 Å². The molecule has 12 heavy (non-hydrogen) atoms. The minimum atomic E-state index is -0.384. The molecular formula is C9H17NO2. The van der Waals surface area contributed by atoms with E-state index < -0.39 is 0 Å². The van der Waals surface area contributed by atoms with Crippen LogP contribution in [0.15, 0.2) is 12.7 Å². The third-order valence-electron chi connectivity index (χ3n) is 1.10. The first-order valence-electron chi connectivity index (χ1n) is 3.97. The molecule has 0 radical (unpaired) electrons. The average molecular weight is 171 g/mol. The van der Waals surface area contributed by atoms with Crippen molar-refractivity contribution in [3.8, 4) is 0 Å². The van der Waals surface area contributed by atoms with Crippen molar-refractivity contribution in [2.24, 2.45) is 5.41 Å². The van der Waals surface area contributed by atoms with E-state index in [0.29, 0.717) is 6.54 Å². The van der Waals surface area contributed by atoms with Gasteiger partial charge in [-0.1, -0.05) is 33.4 Å². The van der Waals surface area contributed by atoms with E-state index in [-0.39, 0.29) is 18.1 Å². The van der Waals surface area contributed by atoms with Gasteiger partial charge in [0, 0.05) is 6.54 Å². The van der Waals surface area contributed by atoms with Gasteiger partial charge in [-0.3, -0.25) is 0 Å². The standard InChI is InChI=1S/C9H17NO2/c1-5-6-12-8(11)10-7-9(2,3)4/h5H,1,6-7H2,2-4H3,(H,10,11). The van der Waals surface area contributed by atoms with Crippen molar-refractivity contribution in [3.63, 3.8) is 0 Å². The largest absolute Gasteiger partial charge is 0.445 e. The Labute approximate surface area is 73.8 Å². The highest BCUT2D eigenvalue weighted by Gasteiger charge is 2.11. The summed E-state index contributed by atoms with van der Waals surface area (Å²) >= 11 is 0. The molecule has 0 atom stereocenters. The summed E-state index contributed by atoms with van der Waals surface area (Å²) in [5.74, 6) is 0. The van der Waals surface area contributed by atoms with Crippen molar-refractivity contribution in [2.75, 3.05) is 13.2 Å². The lowest BCUT2D eigenvalue weighted by Crippen LogP contribution is -2.32. The van der Waals surface area contributed by atoms with Gasteiger partial charge in [-0.05, 0) is 5.41 Å². The minimum absolute atomic E-state index is 0.0905. The monoisotopic (exact) mass is 171 g/mol. The van der Waals surface area contributed by atoms with Crippen LogP contribution < -0.4 is 5.32 Å². The third-order valence-corrected chi connectivity index (χ3v) is 1.10. The van der Waals surface area contributed by atoms with Crippen LogP contribution in [-0.4, -0.2) is 19.2 Å². The van der Waals surface area contributed by atoms with Crippen LogP contribution in [-0.2, 0) is 4.74 Å². The maximum absolute atomic E-state index is 10.9. The Hall–Kier alpha value is -0.990. The van der Waals surface area contributed by atoms with E-state index in [0.717, 1.165) is 0 Å². The summed E-state index contributed by atoms with van der Waals surface area (Å²) < 4.78 is 4.72. The van der Waals surface area contributed by atoms with Crippen molar-refractivity contribution in [3.05, 3.63) is 12.7 Å². The molecule has 0 saturated carbocycles. The zero-order valence-corrected chi connectivity index (χ0v) is 8.02. The Morgan fingerprint density at radius 1 is 1.58 bits per heavy atom. The van der Waals surface area contributed by atoms with Gasteiger partial charge in [0.05, 0.1) is 0 Å². The molecular weight excluding hydrogens is 154 g/mol. The topological polar surface area (TPSA) is 38.3 Å². The fraction of sp³-hybridized carbons (Fsp3) is 0.667. The highest BCUT2D eigenvalue weighted by molar-refractivity contribution is 5.67. The van der Waals surface area contributed by atoms with Crippen LogP contribution in [0.5, 0.6) is 0 Å². The molecule has 1 N–H and O–H groups in total. The van der Waals surface area contributed by atoms with Gasteiger partial charge in [0.2, 0.25) is 0 Å². The Morgan fingerprint density at radius 3 is 2.58 bits per heavy atom. The van der Waals surface area contributed by atoms with Gasteiger partial charge in [-0.25, -0.2) is 4.79 Å². The molecule has 0 aromatic rings. The summed E-state index contributed by atoms with van der Waals surface area (Å²) in [7, 11) is 0. The Morgan fingerprint density at radius 2 is 2.17 bits per heavy atom. The smallest absolute Gasteiger partial charge is 0.407 e. The zero-order chi connectivity index (χ0) is 9.61. The average Bonchev–Trinajstić information content (AvgIpc) is 1.95. The summed E-state index contributed by atoms with van der Waals surface area (Å²) in [5.41, 5.74) is 0.0905. The lowest BCUT2D eigenvalue weighted by atomic mass is 9.97. The van der Waals surface area contributed by atoms with Crippen LogP contribution in [0.2, 0.25) is 0 Å². The van der Waals surface area contributed by atoms with Crippen LogP contribution in [0.4, 0.5) is 4.79 Å². The Bertz CT molecular complexity index is 158. The van der Waals surface area contributed by atoms with Crippen molar-refractivity contribution in [1.29, 1.82) is 0 Å². The molecule has 3 nitrogen and oxygen atoms in total. The molecule has 0 rings (SSSR count). The Balaban J connectivity index is 3.51. The molecule has 0 bridgehead atoms. The first kappa shape index (κ1) is 11.0. The maximum atomic E-state index is 10.9. The van der Waals surface area contributed by atoms with Gasteiger partial charge in [-0.15, -0.1) is 0 Å². The molecule has 0 unspecified atom stereocenters. The van der Waals surface area contributed by atoms with Crippen LogP contribution in [0.1, 0.15) is 20.8 Å². The molecule has 70 valence electrons. The lowest BCUT2D eigenvalue weighted by molar-refractivity contribution is 0.154. The lowest BCUT2D eigenvalue weighted by Gasteiger charge is -2.18. The van der Waals surface area contributed by atoms with Crippen LogP contribution in [0.25, 0.3) is 0 Å². The molecule has 3 heteroatoms. The summed E-state index contributed by atoms with van der Waals surface area (Å²) in [4.78, 5) is 10.9. The van der Waals surface area contributed by atoms with E-state index >= 15 is 0 Å². The van der Waals surface area contributed by atoms with Gasteiger partial charge in [0.15, 0.2) is 0 Å². The number of ether oxygens (including phenoxy) is 1. The van der Waals surface area contributed by atoms with Gasteiger partial charge < -0.3 is 10.1 Å². The summed E-state index contributed by atoms with van der Waals surface area (Å²) in [5, 5.41) is 2.65. The number of nitrogens with one attached hydrogen (secondary N) is 1. The molecule has 0 spiro atoms. The summed E-state index contributed by atoms with van der Waals surface area (Å²) in [6.45, 7) is 10.4. The second-order valence-electron chi connectivity index (χ2n) is 3.80. The van der Waals surface area contributed by atoms with Gasteiger partial charge >= 0.3 is 6.09 Å². The van der Waals surface area contributed by atoms with E-state index in [2.05, 4.69) is 11.9 Å². The molecule has 0 saturated heterocycles. The van der Waals surface area contributed by atoms with Crippen molar-refractivity contribution < 1.29 is 9.53 Å². The zero-order valence-electron chi connectivity index (χ0n) is 8.02. The molecule has 0 aliphatic heterocycles. The fourth-order valence-corrected chi connectivity index (χ4v) is 0.523. The SMILES string of the molecule is C=CCOC(=O)NCC(C)(C)C. The maximum Gasteiger partial charge on any atom is 0.407 e. The number of alkyl carbamates (subject to hydrolysis) is 1. The number of carbonyl (C=O) groups is 1. The minimum Gasteiger partial charge on any atom is -0.445 e. The van der Waals surface area contributed by atoms with Crippen LogP contribution in [0.3, 0.4) is 0 Å². The second kappa shape index (κ2) is 4.80. The van der Waals surface area contributed by atoms with E-state index in [1.165, 1.54) is 6.08 Å². The molecule has 0 aliphatic rings. The predicted molar refractivity (Wildman–Crippen MR) is 49.0 cm³/mol. The molecule has 0 fully saturated rings. The number of hydrogen-bond acceptors (Lipinski definition) is 2. The second-order valence-corrected chi connectivity index (χ2v) is 3.80. The van der Waals surface area contributed by atoms with Crippen molar-refractivity contribution in [1.82, 2.24) is 5.32 Å². The van der Waals surface area contributed by atoms with Crippen LogP contribution in [0, 0.1) is 5.41 Å². The van der Waals surface area contributed by atoms with Crippen LogP contribution >= 0.6 is 0 Å². The molecule has 0 aliphatic carbocycles. The highest BCUT2D eigenvalue weighted by atomic mass is 16.5. The third kappa shape index (κ3) is 7.12. The van der Waals surface area contributed by atoms with Gasteiger partial charge in [0.1, 0.15) is 6.61 Å². The predicted octanol–water partition coefficient (Wildman–Crippen LogP) is 1.94. The first-order valence-corrected chi connectivity index (χ1v) is 3.97. The number of hydrogen-bond donors (Lipinski definition) is 1. The number of amides is 1. The van der Waals surface area contributed by atoms with Gasteiger partial charge in [-0.2, -0.15) is 0 Å². The molecule has 1 amide bonds.